The quantitative estimate of drug-likeness (QED) is 0.574. The van der Waals surface area contributed by atoms with Crippen LogP contribution in [0.25, 0.3) is 0 Å². The summed E-state index contributed by atoms with van der Waals surface area (Å²) in [5.74, 6) is 0.109. The number of rotatable bonds is 2. The van der Waals surface area contributed by atoms with Gasteiger partial charge in [0.25, 0.3) is 0 Å². The SMILES string of the molecule is N#CC1=C2SCN(c3cccc(Cl)c3)CN2C(=O)C[C@@H]1c1c(Cl)cccc1Cl. The third-order valence-corrected chi connectivity index (χ3v) is 6.86. The van der Waals surface area contributed by atoms with Gasteiger partial charge in [-0.1, -0.05) is 58.7 Å². The predicted molar refractivity (Wildman–Crippen MR) is 115 cm³/mol. The van der Waals surface area contributed by atoms with Crippen LogP contribution in [0, 0.1) is 11.3 Å². The zero-order valence-corrected chi connectivity index (χ0v) is 17.6. The first kappa shape index (κ1) is 19.5. The molecule has 4 rings (SSSR count). The van der Waals surface area contributed by atoms with Gasteiger partial charge in [0.05, 0.1) is 29.2 Å². The first-order chi connectivity index (χ1) is 13.5. The van der Waals surface area contributed by atoms with Gasteiger partial charge in [-0.2, -0.15) is 5.26 Å². The zero-order chi connectivity index (χ0) is 19.8. The van der Waals surface area contributed by atoms with E-state index in [-0.39, 0.29) is 12.3 Å². The lowest BCUT2D eigenvalue weighted by Gasteiger charge is -2.42. The summed E-state index contributed by atoms with van der Waals surface area (Å²) in [6.07, 6.45) is 0.153. The molecule has 1 saturated heterocycles. The number of hydrogen-bond acceptors (Lipinski definition) is 4. The van der Waals surface area contributed by atoms with Crippen molar-refractivity contribution in [3.05, 3.63) is 73.7 Å². The average Bonchev–Trinajstić information content (AvgIpc) is 2.68. The lowest BCUT2D eigenvalue weighted by atomic mass is 9.86. The Morgan fingerprint density at radius 1 is 1.11 bits per heavy atom. The molecular weight excluding hydrogens is 437 g/mol. The molecule has 28 heavy (non-hydrogen) atoms. The van der Waals surface area contributed by atoms with Gasteiger partial charge < -0.3 is 4.90 Å². The number of benzene rings is 2. The summed E-state index contributed by atoms with van der Waals surface area (Å²) in [6.45, 7) is 0.371. The van der Waals surface area contributed by atoms with Crippen molar-refractivity contribution in [3.8, 4) is 6.07 Å². The number of thioether (sulfide) groups is 1. The van der Waals surface area contributed by atoms with E-state index in [2.05, 4.69) is 11.0 Å². The van der Waals surface area contributed by atoms with Gasteiger partial charge in [-0.25, -0.2) is 0 Å². The molecule has 4 nitrogen and oxygen atoms in total. The van der Waals surface area contributed by atoms with Gasteiger partial charge in [0.1, 0.15) is 0 Å². The highest BCUT2D eigenvalue weighted by atomic mass is 35.5. The molecule has 142 valence electrons. The largest absolute Gasteiger partial charge is 0.344 e. The van der Waals surface area contributed by atoms with E-state index in [4.69, 9.17) is 34.8 Å². The van der Waals surface area contributed by atoms with Crippen LogP contribution in [-0.4, -0.2) is 23.4 Å². The van der Waals surface area contributed by atoms with E-state index in [1.165, 1.54) is 11.8 Å². The summed E-state index contributed by atoms with van der Waals surface area (Å²) in [5.41, 5.74) is 2.10. The highest BCUT2D eigenvalue weighted by molar-refractivity contribution is 8.03. The molecule has 1 fully saturated rings. The maximum atomic E-state index is 13.0. The van der Waals surface area contributed by atoms with Crippen molar-refractivity contribution in [1.82, 2.24) is 4.90 Å². The second-order valence-corrected chi connectivity index (χ2v) is 8.66. The first-order valence-electron chi connectivity index (χ1n) is 8.51. The van der Waals surface area contributed by atoms with Gasteiger partial charge in [-0.3, -0.25) is 9.69 Å². The lowest BCUT2D eigenvalue weighted by molar-refractivity contribution is -0.129. The molecule has 0 saturated carbocycles. The highest BCUT2D eigenvalue weighted by Crippen LogP contribution is 2.46. The van der Waals surface area contributed by atoms with Crippen LogP contribution in [0.4, 0.5) is 5.69 Å². The van der Waals surface area contributed by atoms with E-state index in [0.717, 1.165) is 5.69 Å². The second-order valence-electron chi connectivity index (χ2n) is 6.48. The Kier molecular flexibility index (Phi) is 5.48. The normalized spacial score (nSPS) is 19.5. The second kappa shape index (κ2) is 7.88. The molecule has 0 N–H and O–H groups in total. The standard InChI is InChI=1S/C20H14Cl3N3OS/c21-12-3-1-4-13(7-12)25-10-26-18(27)8-14(15(9-24)20(26)28-11-25)19-16(22)5-2-6-17(19)23/h1-7,14H,8,10-11H2/t14-/m0/s1. The van der Waals surface area contributed by atoms with Gasteiger partial charge in [0.2, 0.25) is 5.91 Å². The summed E-state index contributed by atoms with van der Waals surface area (Å²) in [6, 6.07) is 15.0. The average molecular weight is 451 g/mol. The summed E-state index contributed by atoms with van der Waals surface area (Å²) in [5, 5.41) is 12.1. The molecule has 1 atom stereocenters. The van der Waals surface area contributed by atoms with E-state index >= 15 is 0 Å². The number of carbonyl (C=O) groups excluding carboxylic acids is 1. The molecule has 2 aliphatic heterocycles. The zero-order valence-electron chi connectivity index (χ0n) is 14.5. The van der Waals surface area contributed by atoms with Crippen LogP contribution in [0.3, 0.4) is 0 Å². The molecule has 2 aromatic carbocycles. The predicted octanol–water partition coefficient (Wildman–Crippen LogP) is 5.87. The number of hydrogen-bond donors (Lipinski definition) is 0. The molecule has 0 radical (unpaired) electrons. The van der Waals surface area contributed by atoms with Crippen molar-refractivity contribution in [3.63, 3.8) is 0 Å². The summed E-state index contributed by atoms with van der Waals surface area (Å²) < 4.78 is 0. The Balaban J connectivity index is 1.71. The third-order valence-electron chi connectivity index (χ3n) is 4.82. The maximum Gasteiger partial charge on any atom is 0.229 e. The van der Waals surface area contributed by atoms with Crippen LogP contribution in [0.2, 0.25) is 15.1 Å². The van der Waals surface area contributed by atoms with E-state index < -0.39 is 5.92 Å². The molecular formula is C20H14Cl3N3OS. The molecule has 0 aromatic heterocycles. The summed E-state index contributed by atoms with van der Waals surface area (Å²) in [7, 11) is 0. The highest BCUT2D eigenvalue weighted by Gasteiger charge is 2.39. The van der Waals surface area contributed by atoms with Crippen LogP contribution in [-0.2, 0) is 4.79 Å². The smallest absolute Gasteiger partial charge is 0.229 e. The Hall–Kier alpha value is -1.84. The Labute approximate surface area is 182 Å². The molecule has 0 unspecified atom stereocenters. The van der Waals surface area contributed by atoms with Gasteiger partial charge in [0, 0.05) is 33.1 Å². The summed E-state index contributed by atoms with van der Waals surface area (Å²) >= 11 is 20.3. The number of allylic oxidation sites excluding steroid dienone is 1. The Morgan fingerprint density at radius 3 is 2.50 bits per heavy atom. The van der Waals surface area contributed by atoms with Crippen LogP contribution in [0.15, 0.2) is 53.1 Å². The van der Waals surface area contributed by atoms with Crippen molar-refractivity contribution >= 4 is 58.2 Å². The molecule has 0 bridgehead atoms. The van der Waals surface area contributed by atoms with Gasteiger partial charge in [0.15, 0.2) is 0 Å². The monoisotopic (exact) mass is 449 g/mol. The topological polar surface area (TPSA) is 47.3 Å². The van der Waals surface area contributed by atoms with Crippen molar-refractivity contribution < 1.29 is 4.79 Å². The minimum absolute atomic E-state index is 0.0609. The Morgan fingerprint density at radius 2 is 1.82 bits per heavy atom. The number of nitriles is 1. The van der Waals surface area contributed by atoms with Crippen molar-refractivity contribution in [2.45, 2.75) is 12.3 Å². The number of amides is 1. The minimum atomic E-state index is -0.435. The van der Waals surface area contributed by atoms with Crippen molar-refractivity contribution in [2.24, 2.45) is 0 Å². The molecule has 0 aliphatic carbocycles. The maximum absolute atomic E-state index is 13.0. The molecule has 0 spiro atoms. The van der Waals surface area contributed by atoms with Crippen molar-refractivity contribution in [2.75, 3.05) is 17.4 Å². The molecule has 2 aliphatic rings. The minimum Gasteiger partial charge on any atom is -0.344 e. The van der Waals surface area contributed by atoms with E-state index in [0.29, 0.717) is 43.8 Å². The van der Waals surface area contributed by atoms with Gasteiger partial charge in [-0.05, 0) is 35.9 Å². The molecule has 2 heterocycles. The molecule has 8 heteroatoms. The fraction of sp³-hybridized carbons (Fsp3) is 0.200. The van der Waals surface area contributed by atoms with Gasteiger partial charge in [-0.15, -0.1) is 0 Å². The van der Waals surface area contributed by atoms with E-state index in [9.17, 15) is 10.1 Å². The molecule has 2 aromatic rings. The first-order valence-corrected chi connectivity index (χ1v) is 10.6. The van der Waals surface area contributed by atoms with Crippen LogP contribution in [0.1, 0.15) is 17.9 Å². The van der Waals surface area contributed by atoms with Crippen molar-refractivity contribution in [1.29, 1.82) is 5.26 Å². The van der Waals surface area contributed by atoms with Gasteiger partial charge >= 0.3 is 0 Å². The van der Waals surface area contributed by atoms with E-state index in [1.807, 2.05) is 24.3 Å². The number of nitrogens with zero attached hydrogens (tertiary/aromatic N) is 3. The molecule has 1 amide bonds. The summed E-state index contributed by atoms with van der Waals surface area (Å²) in [4.78, 5) is 16.7. The number of halogens is 3. The fourth-order valence-electron chi connectivity index (χ4n) is 3.49. The van der Waals surface area contributed by atoms with E-state index in [1.54, 1.807) is 23.1 Å². The van der Waals surface area contributed by atoms with Crippen LogP contribution in [0.5, 0.6) is 0 Å². The number of fused-ring (bicyclic) bond motifs is 1. The fourth-order valence-corrected chi connectivity index (χ4v) is 5.50. The number of anilines is 1. The third kappa shape index (κ3) is 3.46. The van der Waals surface area contributed by atoms with Crippen LogP contribution < -0.4 is 4.90 Å². The Bertz CT molecular complexity index is 1010. The number of carbonyl (C=O) groups is 1. The van der Waals surface area contributed by atoms with Crippen LogP contribution >= 0.6 is 46.6 Å². The lowest BCUT2D eigenvalue weighted by Crippen LogP contribution is -2.47.